The first-order chi connectivity index (χ1) is 11.3. The van der Waals surface area contributed by atoms with E-state index in [0.717, 1.165) is 40.9 Å². The Hall–Kier alpha value is -2.61. The molecule has 0 spiro atoms. The van der Waals surface area contributed by atoms with E-state index in [1.807, 2.05) is 36.4 Å². The van der Waals surface area contributed by atoms with Gasteiger partial charge in [0.15, 0.2) is 5.78 Å². The van der Waals surface area contributed by atoms with Crippen molar-refractivity contribution in [3.63, 3.8) is 0 Å². The van der Waals surface area contributed by atoms with Gasteiger partial charge in [-0.3, -0.25) is 4.79 Å². The van der Waals surface area contributed by atoms with Crippen LogP contribution in [0.4, 0.5) is 0 Å². The summed E-state index contributed by atoms with van der Waals surface area (Å²) in [5.74, 6) is 0.827. The predicted molar refractivity (Wildman–Crippen MR) is 93.6 cm³/mol. The highest BCUT2D eigenvalue weighted by molar-refractivity contribution is 6.00. The van der Waals surface area contributed by atoms with Gasteiger partial charge in [-0.15, -0.1) is 0 Å². The second-order valence-electron chi connectivity index (χ2n) is 5.65. The van der Waals surface area contributed by atoms with Gasteiger partial charge in [0.25, 0.3) is 0 Å². The summed E-state index contributed by atoms with van der Waals surface area (Å²) in [6, 6.07) is 20.2. The van der Waals surface area contributed by atoms with Crippen LogP contribution in [0.15, 0.2) is 72.0 Å². The molecule has 3 rings (SSSR count). The van der Waals surface area contributed by atoms with Crippen LogP contribution in [0.25, 0.3) is 11.6 Å². The molecule has 2 aromatic carbocycles. The first kappa shape index (κ1) is 15.3. The Kier molecular flexibility index (Phi) is 4.72. The fraction of sp³-hybridized carbons (Fsp3) is 0.190. The van der Waals surface area contributed by atoms with Crippen LogP contribution in [0, 0.1) is 0 Å². The molecule has 0 aliphatic carbocycles. The molecule has 23 heavy (non-hydrogen) atoms. The largest absolute Gasteiger partial charge is 0.493 e. The van der Waals surface area contributed by atoms with E-state index >= 15 is 0 Å². The van der Waals surface area contributed by atoms with Crippen LogP contribution in [0.3, 0.4) is 0 Å². The number of Topliss-reactive ketones (excluding diaryl/α,β-unsaturated/α-hetero) is 1. The molecular weight excluding hydrogens is 284 g/mol. The zero-order valence-electron chi connectivity index (χ0n) is 13.3. The van der Waals surface area contributed by atoms with Crippen LogP contribution >= 0.6 is 0 Å². The summed E-state index contributed by atoms with van der Waals surface area (Å²) >= 11 is 0. The van der Waals surface area contributed by atoms with Gasteiger partial charge in [-0.25, -0.2) is 0 Å². The van der Waals surface area contributed by atoms with Crippen molar-refractivity contribution in [2.75, 3.05) is 6.61 Å². The fourth-order valence-corrected chi connectivity index (χ4v) is 2.81. The van der Waals surface area contributed by atoms with Crippen molar-refractivity contribution in [3.05, 3.63) is 83.1 Å². The normalized spacial score (nSPS) is 15.3. The molecule has 2 aromatic rings. The zero-order valence-corrected chi connectivity index (χ0v) is 13.3. The third-order valence-electron chi connectivity index (χ3n) is 3.96. The second kappa shape index (κ2) is 7.10. The summed E-state index contributed by atoms with van der Waals surface area (Å²) in [6.07, 6.45) is 3.77. The third-order valence-corrected chi connectivity index (χ3v) is 3.96. The Bertz CT molecular complexity index is 740. The molecule has 2 heteroatoms. The number of rotatable bonds is 4. The maximum Gasteiger partial charge on any atom is 0.159 e. The minimum Gasteiger partial charge on any atom is -0.493 e. The summed E-state index contributed by atoms with van der Waals surface area (Å²) in [4.78, 5) is 12.0. The highest BCUT2D eigenvalue weighted by Gasteiger charge is 2.21. The van der Waals surface area contributed by atoms with E-state index in [1.165, 1.54) is 0 Å². The van der Waals surface area contributed by atoms with Gasteiger partial charge in [0, 0.05) is 11.1 Å². The number of ether oxygens (including phenoxy) is 1. The van der Waals surface area contributed by atoms with Gasteiger partial charge in [-0.1, -0.05) is 60.7 Å². The number of benzene rings is 2. The monoisotopic (exact) mass is 304 g/mol. The summed E-state index contributed by atoms with van der Waals surface area (Å²) < 4.78 is 5.93. The SMILES string of the molecule is CC(=O)C1=C(/C(=C/c2ccccc2)c2ccccc2)OCCC1. The van der Waals surface area contributed by atoms with E-state index in [2.05, 4.69) is 30.3 Å². The number of allylic oxidation sites excluding steroid dienone is 2. The molecule has 1 aliphatic rings. The van der Waals surface area contributed by atoms with Crippen LogP contribution in [0.5, 0.6) is 0 Å². The summed E-state index contributed by atoms with van der Waals surface area (Å²) in [6.45, 7) is 2.28. The second-order valence-corrected chi connectivity index (χ2v) is 5.65. The molecule has 0 unspecified atom stereocenters. The standard InChI is InChI=1S/C21H20O2/c1-16(22)19-13-8-14-23-21(19)20(18-11-6-3-7-12-18)15-17-9-4-2-5-10-17/h2-7,9-12,15H,8,13-14H2,1H3/b20-15+. The van der Waals surface area contributed by atoms with Crippen LogP contribution in [-0.2, 0) is 9.53 Å². The fourth-order valence-electron chi connectivity index (χ4n) is 2.81. The van der Waals surface area contributed by atoms with E-state index in [-0.39, 0.29) is 5.78 Å². The van der Waals surface area contributed by atoms with Crippen LogP contribution in [-0.4, -0.2) is 12.4 Å². The summed E-state index contributed by atoms with van der Waals surface area (Å²) in [5, 5.41) is 0. The van der Waals surface area contributed by atoms with E-state index in [9.17, 15) is 4.79 Å². The average Bonchev–Trinajstić information content (AvgIpc) is 2.61. The van der Waals surface area contributed by atoms with E-state index in [4.69, 9.17) is 4.74 Å². The van der Waals surface area contributed by atoms with Gasteiger partial charge in [-0.05, 0) is 37.0 Å². The molecule has 0 N–H and O–H groups in total. The molecule has 1 aliphatic heterocycles. The van der Waals surface area contributed by atoms with Crippen molar-refractivity contribution in [1.29, 1.82) is 0 Å². The van der Waals surface area contributed by atoms with E-state index in [0.29, 0.717) is 6.61 Å². The molecule has 0 saturated carbocycles. The quantitative estimate of drug-likeness (QED) is 0.752. The van der Waals surface area contributed by atoms with Crippen LogP contribution in [0.1, 0.15) is 30.9 Å². The molecule has 0 atom stereocenters. The summed E-state index contributed by atoms with van der Waals surface area (Å²) in [7, 11) is 0. The zero-order chi connectivity index (χ0) is 16.1. The Balaban J connectivity index is 2.16. The molecule has 0 saturated heterocycles. The molecule has 0 radical (unpaired) electrons. The van der Waals surface area contributed by atoms with Crippen LogP contribution < -0.4 is 0 Å². The first-order valence-corrected chi connectivity index (χ1v) is 7.95. The lowest BCUT2D eigenvalue weighted by Crippen LogP contribution is -2.13. The van der Waals surface area contributed by atoms with Crippen molar-refractivity contribution >= 4 is 17.4 Å². The molecular formula is C21H20O2. The maximum atomic E-state index is 12.0. The lowest BCUT2D eigenvalue weighted by molar-refractivity contribution is -0.114. The predicted octanol–water partition coefficient (Wildman–Crippen LogP) is 4.88. The van der Waals surface area contributed by atoms with Crippen molar-refractivity contribution in [3.8, 4) is 0 Å². The summed E-state index contributed by atoms with van der Waals surface area (Å²) in [5.41, 5.74) is 3.92. The first-order valence-electron chi connectivity index (χ1n) is 7.95. The van der Waals surface area contributed by atoms with Crippen LogP contribution in [0.2, 0.25) is 0 Å². The Morgan fingerprint density at radius 2 is 1.65 bits per heavy atom. The van der Waals surface area contributed by atoms with Gasteiger partial charge in [0.2, 0.25) is 0 Å². The molecule has 0 fully saturated rings. The molecule has 0 bridgehead atoms. The molecule has 1 heterocycles. The molecule has 2 nitrogen and oxygen atoms in total. The lowest BCUT2D eigenvalue weighted by Gasteiger charge is -2.22. The lowest BCUT2D eigenvalue weighted by atomic mass is 9.93. The molecule has 116 valence electrons. The minimum absolute atomic E-state index is 0.0922. The van der Waals surface area contributed by atoms with E-state index < -0.39 is 0 Å². The number of hydrogen-bond acceptors (Lipinski definition) is 2. The van der Waals surface area contributed by atoms with E-state index in [1.54, 1.807) is 6.92 Å². The van der Waals surface area contributed by atoms with Gasteiger partial charge in [0.1, 0.15) is 5.76 Å². The number of ketones is 1. The minimum atomic E-state index is 0.0922. The van der Waals surface area contributed by atoms with Crippen molar-refractivity contribution < 1.29 is 9.53 Å². The maximum absolute atomic E-state index is 12.0. The Morgan fingerprint density at radius 3 is 2.30 bits per heavy atom. The molecule has 0 amide bonds. The average molecular weight is 304 g/mol. The van der Waals surface area contributed by atoms with Gasteiger partial charge in [0.05, 0.1) is 6.61 Å². The number of carbonyl (C=O) groups is 1. The number of carbonyl (C=O) groups excluding carboxylic acids is 1. The smallest absolute Gasteiger partial charge is 0.159 e. The Labute approximate surface area is 137 Å². The number of hydrogen-bond donors (Lipinski definition) is 0. The highest BCUT2D eigenvalue weighted by Crippen LogP contribution is 2.33. The van der Waals surface area contributed by atoms with Gasteiger partial charge < -0.3 is 4.74 Å². The molecule has 0 aromatic heterocycles. The Morgan fingerprint density at radius 1 is 1.00 bits per heavy atom. The van der Waals surface area contributed by atoms with Gasteiger partial charge >= 0.3 is 0 Å². The van der Waals surface area contributed by atoms with Crippen molar-refractivity contribution in [2.24, 2.45) is 0 Å². The highest BCUT2D eigenvalue weighted by atomic mass is 16.5. The van der Waals surface area contributed by atoms with Gasteiger partial charge in [-0.2, -0.15) is 0 Å². The van der Waals surface area contributed by atoms with Crippen molar-refractivity contribution in [2.45, 2.75) is 19.8 Å². The topological polar surface area (TPSA) is 26.3 Å². The third kappa shape index (κ3) is 3.59. The van der Waals surface area contributed by atoms with Crippen molar-refractivity contribution in [1.82, 2.24) is 0 Å².